The fourth-order valence-electron chi connectivity index (χ4n) is 5.81. The number of nitrogens with zero attached hydrogens (tertiary/aromatic N) is 2. The molecule has 0 radical (unpaired) electrons. The molecular formula is C27H31N2O+. The summed E-state index contributed by atoms with van der Waals surface area (Å²) in [4.78, 5) is 0. The second kappa shape index (κ2) is 6.95. The number of β-amino-alcohol motifs (C(OH)–C–C–N with tert-alkyl or cyclic N) is 1. The molecule has 0 saturated carbocycles. The molecule has 2 heterocycles. The van der Waals surface area contributed by atoms with Crippen LogP contribution < -0.4 is 9.93 Å². The monoisotopic (exact) mass is 399 g/mol. The van der Waals surface area contributed by atoms with Crippen LogP contribution in [-0.4, -0.2) is 28.4 Å². The van der Waals surface area contributed by atoms with Gasteiger partial charge in [0.05, 0.1) is 5.35 Å². The minimum absolute atomic E-state index is 0.0500. The molecule has 0 spiro atoms. The first-order chi connectivity index (χ1) is 14.5. The number of aliphatic hydroxyl groups is 1. The van der Waals surface area contributed by atoms with Crippen LogP contribution >= 0.6 is 0 Å². The summed E-state index contributed by atoms with van der Waals surface area (Å²) in [5, 5.41) is 17.6. The molecule has 0 amide bonds. The predicted octanol–water partition coefficient (Wildman–Crippen LogP) is 4.59. The molecule has 3 heteroatoms. The van der Waals surface area contributed by atoms with E-state index < -0.39 is 0 Å². The number of rotatable bonds is 3. The van der Waals surface area contributed by atoms with Crippen LogP contribution in [0.15, 0.2) is 54.6 Å². The Kier molecular flexibility index (Phi) is 4.48. The summed E-state index contributed by atoms with van der Waals surface area (Å²) in [5.74, 6) is 0.486. The van der Waals surface area contributed by atoms with E-state index in [2.05, 4.69) is 91.4 Å². The van der Waals surface area contributed by atoms with Gasteiger partial charge in [-0.2, -0.15) is 0 Å². The van der Waals surface area contributed by atoms with Crippen molar-refractivity contribution < 1.29 is 5.11 Å². The van der Waals surface area contributed by atoms with Crippen molar-refractivity contribution in [3.63, 3.8) is 0 Å². The van der Waals surface area contributed by atoms with E-state index in [1.54, 1.807) is 0 Å². The summed E-state index contributed by atoms with van der Waals surface area (Å²) in [6, 6.07) is 20.2. The van der Waals surface area contributed by atoms with E-state index in [4.69, 9.17) is 0 Å². The third-order valence-electron chi connectivity index (χ3n) is 7.00. The predicted molar refractivity (Wildman–Crippen MR) is 125 cm³/mol. The first-order valence-electron chi connectivity index (χ1n) is 11.2. The quantitative estimate of drug-likeness (QED) is 0.502. The zero-order valence-corrected chi connectivity index (χ0v) is 18.4. The molecule has 3 nitrogen and oxygen atoms in total. The normalized spacial score (nSPS) is 19.5. The zero-order chi connectivity index (χ0) is 21.0. The number of hydrogen-bond acceptors (Lipinski definition) is 1. The maximum absolute atomic E-state index is 9.67. The number of aliphatic hydroxyl groups excluding tert-OH is 1. The van der Waals surface area contributed by atoms with Crippen LogP contribution in [0.5, 0.6) is 0 Å². The number of benzene rings is 3. The van der Waals surface area contributed by atoms with Gasteiger partial charge in [-0.05, 0) is 55.5 Å². The van der Waals surface area contributed by atoms with Crippen LogP contribution in [0, 0.1) is 10.6 Å². The van der Waals surface area contributed by atoms with Crippen molar-refractivity contribution in [1.29, 1.82) is 0 Å². The fourth-order valence-corrected chi connectivity index (χ4v) is 5.81. The van der Waals surface area contributed by atoms with Gasteiger partial charge in [-0.25, -0.2) is 4.58 Å². The van der Waals surface area contributed by atoms with Gasteiger partial charge in [0.25, 0.3) is 0 Å². The molecule has 0 aliphatic carbocycles. The van der Waals surface area contributed by atoms with Crippen LogP contribution in [-0.2, 0) is 6.54 Å². The van der Waals surface area contributed by atoms with Crippen molar-refractivity contribution in [3.05, 3.63) is 76.1 Å². The second-order valence-corrected chi connectivity index (χ2v) is 9.34. The van der Waals surface area contributed by atoms with E-state index in [-0.39, 0.29) is 12.1 Å². The Hall–Kier alpha value is -2.65. The van der Waals surface area contributed by atoms with Gasteiger partial charge in [0, 0.05) is 40.9 Å². The number of aryl methyl sites for hydroxylation is 1. The van der Waals surface area contributed by atoms with E-state index in [1.165, 1.54) is 43.2 Å². The third-order valence-corrected chi connectivity index (χ3v) is 7.00. The molecule has 1 aromatic heterocycles. The van der Waals surface area contributed by atoms with Gasteiger partial charge in [-0.3, -0.25) is 0 Å². The average Bonchev–Trinajstić information content (AvgIpc) is 3.06. The van der Waals surface area contributed by atoms with Crippen LogP contribution in [0.25, 0.3) is 21.7 Å². The highest BCUT2D eigenvalue weighted by Gasteiger charge is 2.38. The van der Waals surface area contributed by atoms with Crippen molar-refractivity contribution in [3.8, 4) is 0 Å². The maximum Gasteiger partial charge on any atom is 0.203 e. The van der Waals surface area contributed by atoms with E-state index in [9.17, 15) is 5.11 Å². The van der Waals surface area contributed by atoms with Crippen molar-refractivity contribution >= 4 is 21.7 Å². The highest BCUT2D eigenvalue weighted by atomic mass is 16.3. The molecule has 0 saturated heterocycles. The Morgan fingerprint density at radius 1 is 1.10 bits per heavy atom. The van der Waals surface area contributed by atoms with Gasteiger partial charge in [0.2, 0.25) is 5.36 Å². The molecule has 1 aliphatic rings. The summed E-state index contributed by atoms with van der Waals surface area (Å²) in [6.07, 6.45) is 1.09. The van der Waals surface area contributed by atoms with Crippen molar-refractivity contribution in [2.75, 3.05) is 13.2 Å². The van der Waals surface area contributed by atoms with Crippen LogP contribution in [0.4, 0.5) is 0 Å². The standard InChI is InChI=1S/C27H31N2O/c1-5-28-24-11-7-9-19-8-6-10-21(25(19)24)26(28)20-12-13-23-22(16-20)18(2)17-27(3,4)29(23)14-15-30/h6-13,16,18,30H,5,14-15,17H2,1-4H3/q+1/t18-/m1/s1. The first-order valence-corrected chi connectivity index (χ1v) is 11.2. The van der Waals surface area contributed by atoms with Gasteiger partial charge in [0.1, 0.15) is 6.61 Å². The van der Waals surface area contributed by atoms with Crippen molar-refractivity contribution in [2.24, 2.45) is 0 Å². The van der Waals surface area contributed by atoms with Gasteiger partial charge in [-0.15, -0.1) is 0 Å². The lowest BCUT2D eigenvalue weighted by Gasteiger charge is -2.30. The molecular weight excluding hydrogens is 368 g/mol. The van der Waals surface area contributed by atoms with Gasteiger partial charge < -0.3 is 9.67 Å². The lowest BCUT2D eigenvalue weighted by atomic mass is 9.82. The summed E-state index contributed by atoms with van der Waals surface area (Å²) in [7, 11) is 0. The lowest BCUT2D eigenvalue weighted by molar-refractivity contribution is 0.213. The molecule has 0 fully saturated rings. The first kappa shape index (κ1) is 19.3. The van der Waals surface area contributed by atoms with E-state index in [1.807, 2.05) is 0 Å². The lowest BCUT2D eigenvalue weighted by Crippen LogP contribution is -2.53. The maximum atomic E-state index is 9.67. The van der Waals surface area contributed by atoms with Crippen molar-refractivity contribution in [1.82, 2.24) is 9.14 Å². The molecule has 1 N–H and O–H groups in total. The minimum Gasteiger partial charge on any atom is -0.390 e. The molecule has 30 heavy (non-hydrogen) atoms. The highest BCUT2D eigenvalue weighted by Crippen LogP contribution is 2.32. The van der Waals surface area contributed by atoms with E-state index in [0.29, 0.717) is 12.5 Å². The average molecular weight is 400 g/mol. The molecule has 1 atom stereocenters. The number of aromatic nitrogens is 1. The SMILES string of the molecule is CCn1c(=c2ccc3c(c2)[C@H](C)CC(C)(C)[N+]=3CCO)c2cccc3cccc1c32. The topological polar surface area (TPSA) is 28.2 Å². The number of hydrogen-bond donors (Lipinski definition) is 1. The smallest absolute Gasteiger partial charge is 0.203 e. The van der Waals surface area contributed by atoms with Crippen LogP contribution in [0.2, 0.25) is 0 Å². The highest BCUT2D eigenvalue weighted by molar-refractivity contribution is 6.09. The van der Waals surface area contributed by atoms with E-state index >= 15 is 0 Å². The molecule has 4 aromatic rings. The van der Waals surface area contributed by atoms with Gasteiger partial charge in [-0.1, -0.05) is 37.3 Å². The van der Waals surface area contributed by atoms with E-state index in [0.717, 1.165) is 13.0 Å². The van der Waals surface area contributed by atoms with Crippen LogP contribution in [0.1, 0.15) is 45.6 Å². The Morgan fingerprint density at radius 2 is 1.87 bits per heavy atom. The summed E-state index contributed by atoms with van der Waals surface area (Å²) in [5.41, 5.74) is 2.76. The largest absolute Gasteiger partial charge is 0.390 e. The molecule has 154 valence electrons. The summed E-state index contributed by atoms with van der Waals surface area (Å²) in [6.45, 7) is 10.9. The summed E-state index contributed by atoms with van der Waals surface area (Å²) >= 11 is 0. The Bertz CT molecular complexity index is 1410. The zero-order valence-electron chi connectivity index (χ0n) is 18.4. The Balaban J connectivity index is 1.97. The molecule has 0 bridgehead atoms. The summed E-state index contributed by atoms with van der Waals surface area (Å²) < 4.78 is 4.85. The molecule has 1 aliphatic heterocycles. The van der Waals surface area contributed by atoms with Gasteiger partial charge >= 0.3 is 0 Å². The minimum atomic E-state index is 0.0500. The number of fused-ring (bicyclic) bond motifs is 1. The Morgan fingerprint density at radius 3 is 2.60 bits per heavy atom. The van der Waals surface area contributed by atoms with Gasteiger partial charge in [0.15, 0.2) is 12.1 Å². The Labute approximate surface area is 177 Å². The van der Waals surface area contributed by atoms with Crippen LogP contribution in [0.3, 0.4) is 0 Å². The third kappa shape index (κ3) is 2.72. The second-order valence-electron chi connectivity index (χ2n) is 9.34. The van der Waals surface area contributed by atoms with Crippen molar-refractivity contribution in [2.45, 2.75) is 52.1 Å². The molecule has 3 aromatic carbocycles. The fraction of sp³-hybridized carbons (Fsp3) is 0.370. The molecule has 5 rings (SSSR count). The molecule has 0 unspecified atom stereocenters.